The van der Waals surface area contributed by atoms with Crippen molar-refractivity contribution in [2.75, 3.05) is 7.11 Å². The third-order valence-corrected chi connectivity index (χ3v) is 4.50. The fourth-order valence-electron chi connectivity index (χ4n) is 3.38. The number of carbonyl (C=O) groups is 1. The molecule has 1 amide bonds. The number of ether oxygens (including phenoxy) is 2. The topological polar surface area (TPSA) is 61.6 Å². The molecule has 0 unspecified atom stereocenters. The van der Waals surface area contributed by atoms with Gasteiger partial charge in [-0.15, -0.1) is 0 Å². The number of rotatable bonds is 3. The predicted octanol–water partition coefficient (Wildman–Crippen LogP) is 4.22. The summed E-state index contributed by atoms with van der Waals surface area (Å²) < 4.78 is 24.6. The molecule has 1 aliphatic carbocycles. The summed E-state index contributed by atoms with van der Waals surface area (Å²) in [5.74, 6) is 0.143. The van der Waals surface area contributed by atoms with Crippen molar-refractivity contribution in [3.63, 3.8) is 0 Å². The molecule has 0 spiro atoms. The second-order valence-corrected chi connectivity index (χ2v) is 6.74. The highest BCUT2D eigenvalue weighted by molar-refractivity contribution is 5.68. The molecule has 1 atom stereocenters. The minimum absolute atomic E-state index is 0.256. The maximum atomic E-state index is 14.3. The van der Waals surface area contributed by atoms with Gasteiger partial charge in [0.05, 0.1) is 7.11 Å². The van der Waals surface area contributed by atoms with Gasteiger partial charge >= 0.3 is 6.09 Å². The quantitative estimate of drug-likeness (QED) is 0.917. The van der Waals surface area contributed by atoms with Crippen LogP contribution in [0.2, 0.25) is 0 Å². The van der Waals surface area contributed by atoms with E-state index >= 15 is 0 Å². The molecular formula is C19H20FNO3. The van der Waals surface area contributed by atoms with Crippen LogP contribution < -0.4 is 10.5 Å². The number of carbonyl (C=O) groups excluding carboxylic acids is 1. The Balaban J connectivity index is 2.00. The first-order valence-electron chi connectivity index (χ1n) is 7.74. The molecule has 0 aliphatic heterocycles. The number of benzene rings is 2. The zero-order chi connectivity index (χ0) is 17.5. The van der Waals surface area contributed by atoms with Gasteiger partial charge in [-0.3, -0.25) is 0 Å². The van der Waals surface area contributed by atoms with Crippen LogP contribution in [-0.4, -0.2) is 13.2 Å². The fraction of sp³-hybridized carbons (Fsp3) is 0.316. The van der Waals surface area contributed by atoms with Crippen molar-refractivity contribution in [1.82, 2.24) is 0 Å². The summed E-state index contributed by atoms with van der Waals surface area (Å²) in [4.78, 5) is 11.2. The van der Waals surface area contributed by atoms with Gasteiger partial charge in [0.2, 0.25) is 0 Å². The Hall–Kier alpha value is -2.56. The summed E-state index contributed by atoms with van der Waals surface area (Å²) in [6.45, 7) is 4.04. The lowest BCUT2D eigenvalue weighted by atomic mass is 9.87. The van der Waals surface area contributed by atoms with Crippen molar-refractivity contribution in [2.45, 2.75) is 26.4 Å². The Kier molecular flexibility index (Phi) is 3.95. The van der Waals surface area contributed by atoms with E-state index in [1.54, 1.807) is 12.1 Å². The van der Waals surface area contributed by atoms with Crippen LogP contribution in [0.4, 0.5) is 9.18 Å². The van der Waals surface area contributed by atoms with Gasteiger partial charge in [0.15, 0.2) is 0 Å². The number of nitrogens with two attached hydrogens (primary N) is 1. The SMILES string of the molecule is COc1ccc(-c2ccc3c(c2)CC(C)(C)[C@H]3OC(N)=O)c(F)c1. The minimum atomic E-state index is -0.786. The first-order valence-corrected chi connectivity index (χ1v) is 7.74. The van der Waals surface area contributed by atoms with Gasteiger partial charge in [0.1, 0.15) is 17.7 Å². The number of fused-ring (bicyclic) bond motifs is 1. The highest BCUT2D eigenvalue weighted by Crippen LogP contribution is 2.48. The standard InChI is InChI=1S/C19H20FNO3/c1-19(2)10-12-8-11(4-6-15(12)17(19)24-18(21)22)14-7-5-13(23-3)9-16(14)20/h4-9,17H,10H2,1-3H3,(H2,21,22)/t17-/m0/s1. The molecule has 2 N–H and O–H groups in total. The average Bonchev–Trinajstić information content (AvgIpc) is 2.76. The molecule has 2 aromatic rings. The van der Waals surface area contributed by atoms with E-state index in [2.05, 4.69) is 0 Å². The van der Waals surface area contributed by atoms with Crippen LogP contribution in [0.1, 0.15) is 31.1 Å². The third-order valence-electron chi connectivity index (χ3n) is 4.50. The van der Waals surface area contributed by atoms with E-state index in [9.17, 15) is 9.18 Å². The Morgan fingerprint density at radius 3 is 2.62 bits per heavy atom. The molecule has 0 saturated heterocycles. The minimum Gasteiger partial charge on any atom is -0.497 e. The van der Waals surface area contributed by atoms with Crippen molar-refractivity contribution in [2.24, 2.45) is 11.1 Å². The second-order valence-electron chi connectivity index (χ2n) is 6.74. The number of methoxy groups -OCH3 is 1. The number of primary amides is 1. The summed E-state index contributed by atoms with van der Waals surface area (Å²) >= 11 is 0. The molecule has 126 valence electrons. The Labute approximate surface area is 140 Å². The van der Waals surface area contributed by atoms with Crippen LogP contribution in [0.3, 0.4) is 0 Å². The van der Waals surface area contributed by atoms with Crippen LogP contribution in [-0.2, 0) is 11.2 Å². The van der Waals surface area contributed by atoms with E-state index in [1.165, 1.54) is 13.2 Å². The molecule has 4 nitrogen and oxygen atoms in total. The monoisotopic (exact) mass is 329 g/mol. The number of hydrogen-bond acceptors (Lipinski definition) is 3. The molecule has 2 aromatic carbocycles. The molecule has 1 aliphatic rings. The molecule has 24 heavy (non-hydrogen) atoms. The van der Waals surface area contributed by atoms with Gasteiger partial charge in [-0.2, -0.15) is 0 Å². The molecule has 0 bridgehead atoms. The van der Waals surface area contributed by atoms with Crippen LogP contribution >= 0.6 is 0 Å². The average molecular weight is 329 g/mol. The van der Waals surface area contributed by atoms with Gasteiger partial charge in [-0.05, 0) is 35.2 Å². The molecule has 3 rings (SSSR count). The second kappa shape index (κ2) is 5.82. The molecular weight excluding hydrogens is 309 g/mol. The lowest BCUT2D eigenvalue weighted by molar-refractivity contribution is 0.0392. The predicted molar refractivity (Wildman–Crippen MR) is 89.3 cm³/mol. The molecule has 0 fully saturated rings. The number of hydrogen-bond donors (Lipinski definition) is 1. The Morgan fingerprint density at radius 1 is 1.25 bits per heavy atom. The van der Waals surface area contributed by atoms with E-state index < -0.39 is 6.09 Å². The number of amides is 1. The summed E-state index contributed by atoms with van der Waals surface area (Å²) in [6.07, 6.45) is -0.447. The van der Waals surface area contributed by atoms with Crippen molar-refractivity contribution in [3.8, 4) is 16.9 Å². The highest BCUT2D eigenvalue weighted by atomic mass is 19.1. The van der Waals surface area contributed by atoms with Gasteiger partial charge in [0.25, 0.3) is 0 Å². The lowest BCUT2D eigenvalue weighted by Gasteiger charge is -2.26. The lowest BCUT2D eigenvalue weighted by Crippen LogP contribution is -2.25. The fourth-order valence-corrected chi connectivity index (χ4v) is 3.38. The molecule has 0 aromatic heterocycles. The van der Waals surface area contributed by atoms with Crippen LogP contribution in [0.25, 0.3) is 11.1 Å². The van der Waals surface area contributed by atoms with Gasteiger partial charge in [0, 0.05) is 17.0 Å². The highest BCUT2D eigenvalue weighted by Gasteiger charge is 2.41. The molecule has 0 radical (unpaired) electrons. The van der Waals surface area contributed by atoms with Crippen LogP contribution in [0.5, 0.6) is 5.75 Å². The molecule has 0 heterocycles. The Bertz CT molecular complexity index is 801. The van der Waals surface area contributed by atoms with Crippen LogP contribution in [0.15, 0.2) is 36.4 Å². The smallest absolute Gasteiger partial charge is 0.405 e. The maximum absolute atomic E-state index is 14.3. The van der Waals surface area contributed by atoms with Crippen molar-refractivity contribution >= 4 is 6.09 Å². The molecule has 0 saturated carbocycles. The summed E-state index contributed by atoms with van der Waals surface area (Å²) in [5.41, 5.74) is 8.20. The first kappa shape index (κ1) is 16.3. The molecule has 5 heteroatoms. The Morgan fingerprint density at radius 2 is 2.00 bits per heavy atom. The third kappa shape index (κ3) is 2.82. The summed E-state index contributed by atoms with van der Waals surface area (Å²) in [5, 5.41) is 0. The van der Waals surface area contributed by atoms with Crippen LogP contribution in [0, 0.1) is 11.2 Å². The van der Waals surface area contributed by atoms with E-state index in [1.807, 2.05) is 32.0 Å². The van der Waals surface area contributed by atoms with E-state index in [-0.39, 0.29) is 17.3 Å². The van der Waals surface area contributed by atoms with Crippen molar-refractivity contribution < 1.29 is 18.7 Å². The van der Waals surface area contributed by atoms with Gasteiger partial charge < -0.3 is 15.2 Å². The van der Waals surface area contributed by atoms with E-state index in [0.29, 0.717) is 11.3 Å². The zero-order valence-corrected chi connectivity index (χ0v) is 13.9. The summed E-state index contributed by atoms with van der Waals surface area (Å²) in [6, 6.07) is 10.5. The van der Waals surface area contributed by atoms with Crippen molar-refractivity contribution in [3.05, 3.63) is 53.3 Å². The normalized spacial score (nSPS) is 18.1. The van der Waals surface area contributed by atoms with E-state index in [4.69, 9.17) is 15.2 Å². The largest absolute Gasteiger partial charge is 0.497 e. The van der Waals surface area contributed by atoms with Gasteiger partial charge in [-0.1, -0.05) is 32.0 Å². The van der Waals surface area contributed by atoms with Gasteiger partial charge in [-0.25, -0.2) is 9.18 Å². The summed E-state index contributed by atoms with van der Waals surface area (Å²) in [7, 11) is 1.50. The maximum Gasteiger partial charge on any atom is 0.405 e. The zero-order valence-electron chi connectivity index (χ0n) is 13.9. The van der Waals surface area contributed by atoms with E-state index in [0.717, 1.165) is 23.1 Å². The number of halogens is 1. The van der Waals surface area contributed by atoms with Crippen molar-refractivity contribution in [1.29, 1.82) is 0 Å². The first-order chi connectivity index (χ1) is 11.3.